The number of benzene rings is 2. The Balaban J connectivity index is 1.97. The molecule has 3 nitrogen and oxygen atoms in total. The first-order valence-corrected chi connectivity index (χ1v) is 9.32. The molecule has 1 aliphatic heterocycles. The molecule has 3 rings (SSSR count). The Morgan fingerprint density at radius 3 is 2.36 bits per heavy atom. The van der Waals surface area contributed by atoms with E-state index < -0.39 is 28.5 Å². The smallest absolute Gasteiger partial charge is 0.207 e. The molecule has 0 fully saturated rings. The average Bonchev–Trinajstić information content (AvgIpc) is 2.53. The van der Waals surface area contributed by atoms with Gasteiger partial charge in [0.15, 0.2) is 0 Å². The van der Waals surface area contributed by atoms with Crippen LogP contribution in [0.1, 0.15) is 29.0 Å². The molecule has 0 radical (unpaired) electrons. The maximum Gasteiger partial charge on any atom is 0.389 e. The van der Waals surface area contributed by atoms with E-state index in [4.69, 9.17) is 0 Å². The minimum Gasteiger partial charge on any atom is -0.207 e. The summed E-state index contributed by atoms with van der Waals surface area (Å²) < 4.78 is 65.7. The molecule has 0 aromatic heterocycles. The molecular formula is C18H18F3NO2S. The zero-order valence-electron chi connectivity index (χ0n) is 13.6. The number of rotatable bonds is 3. The average molecular weight is 369 g/mol. The number of sulfonamides is 1. The maximum absolute atomic E-state index is 13.0. The Morgan fingerprint density at radius 1 is 1.08 bits per heavy atom. The third kappa shape index (κ3) is 3.88. The van der Waals surface area contributed by atoms with Gasteiger partial charge in [0.2, 0.25) is 10.0 Å². The van der Waals surface area contributed by atoms with Crippen molar-refractivity contribution in [2.75, 3.05) is 6.54 Å². The van der Waals surface area contributed by atoms with E-state index >= 15 is 0 Å². The van der Waals surface area contributed by atoms with Crippen molar-refractivity contribution in [1.82, 2.24) is 4.31 Å². The molecule has 25 heavy (non-hydrogen) atoms. The summed E-state index contributed by atoms with van der Waals surface area (Å²) in [6, 6.07) is 13.1. The lowest BCUT2D eigenvalue weighted by atomic mass is 9.88. The van der Waals surface area contributed by atoms with Crippen LogP contribution in [-0.2, 0) is 16.6 Å². The summed E-state index contributed by atoms with van der Waals surface area (Å²) in [5.41, 5.74) is 2.12. The molecule has 0 bridgehead atoms. The summed E-state index contributed by atoms with van der Waals surface area (Å²) in [6.07, 6.45) is -5.39. The second kappa shape index (κ2) is 6.46. The Hall–Kier alpha value is -1.86. The van der Waals surface area contributed by atoms with Gasteiger partial charge >= 0.3 is 6.18 Å². The fourth-order valence-corrected chi connectivity index (χ4v) is 4.63. The standard InChI is InChI=1S/C18H18F3NO2S/c1-13-6-8-16(9-7-13)25(23,24)22-11-14-4-2-3-5-17(14)15(12-22)10-18(19,20)21/h2-9,15H,10-12H2,1H3. The van der Waals surface area contributed by atoms with Crippen LogP contribution in [-0.4, -0.2) is 25.4 Å². The first-order chi connectivity index (χ1) is 11.7. The number of fused-ring (bicyclic) bond motifs is 1. The fourth-order valence-electron chi connectivity index (χ4n) is 3.17. The van der Waals surface area contributed by atoms with Crippen LogP contribution in [0.5, 0.6) is 0 Å². The summed E-state index contributed by atoms with van der Waals surface area (Å²) in [7, 11) is -3.84. The zero-order chi connectivity index (χ0) is 18.2. The van der Waals surface area contributed by atoms with Crippen LogP contribution in [0, 0.1) is 6.92 Å². The van der Waals surface area contributed by atoms with Crippen molar-refractivity contribution < 1.29 is 21.6 Å². The first kappa shape index (κ1) is 17.9. The van der Waals surface area contributed by atoms with Crippen LogP contribution < -0.4 is 0 Å². The summed E-state index contributed by atoms with van der Waals surface area (Å²) in [5.74, 6) is -0.898. The van der Waals surface area contributed by atoms with Crippen LogP contribution in [0.4, 0.5) is 13.2 Å². The van der Waals surface area contributed by atoms with Gasteiger partial charge in [0.1, 0.15) is 0 Å². The molecule has 0 saturated heterocycles. The number of aryl methyl sites for hydroxylation is 1. The van der Waals surface area contributed by atoms with E-state index in [0.717, 1.165) is 9.87 Å². The van der Waals surface area contributed by atoms with E-state index in [2.05, 4.69) is 0 Å². The first-order valence-electron chi connectivity index (χ1n) is 7.88. The fraction of sp³-hybridized carbons (Fsp3) is 0.333. The van der Waals surface area contributed by atoms with E-state index in [0.29, 0.717) is 11.1 Å². The van der Waals surface area contributed by atoms with Gasteiger partial charge in [-0.3, -0.25) is 0 Å². The van der Waals surface area contributed by atoms with Crippen molar-refractivity contribution in [2.24, 2.45) is 0 Å². The molecule has 0 aliphatic carbocycles. The van der Waals surface area contributed by atoms with Gasteiger partial charge in [-0.25, -0.2) is 8.42 Å². The highest BCUT2D eigenvalue weighted by Crippen LogP contribution is 2.38. The van der Waals surface area contributed by atoms with Crippen LogP contribution >= 0.6 is 0 Å². The lowest BCUT2D eigenvalue weighted by Gasteiger charge is -2.34. The molecule has 1 unspecified atom stereocenters. The van der Waals surface area contributed by atoms with Crippen molar-refractivity contribution in [3.63, 3.8) is 0 Å². The molecule has 2 aromatic rings. The Morgan fingerprint density at radius 2 is 1.72 bits per heavy atom. The van der Waals surface area contributed by atoms with E-state index in [-0.39, 0.29) is 18.0 Å². The number of halogens is 3. The van der Waals surface area contributed by atoms with E-state index in [9.17, 15) is 21.6 Å². The van der Waals surface area contributed by atoms with Crippen molar-refractivity contribution >= 4 is 10.0 Å². The van der Waals surface area contributed by atoms with Gasteiger partial charge in [-0.05, 0) is 30.2 Å². The topological polar surface area (TPSA) is 37.4 Å². The predicted molar refractivity (Wildman–Crippen MR) is 88.6 cm³/mol. The van der Waals surface area contributed by atoms with Crippen LogP contribution in [0.3, 0.4) is 0 Å². The van der Waals surface area contributed by atoms with Gasteiger partial charge in [0, 0.05) is 19.0 Å². The summed E-state index contributed by atoms with van der Waals surface area (Å²) >= 11 is 0. The summed E-state index contributed by atoms with van der Waals surface area (Å²) in [6.45, 7) is 1.75. The van der Waals surface area contributed by atoms with Crippen LogP contribution in [0.25, 0.3) is 0 Å². The van der Waals surface area contributed by atoms with Crippen molar-refractivity contribution in [1.29, 1.82) is 0 Å². The number of hydrogen-bond acceptors (Lipinski definition) is 2. The molecule has 1 heterocycles. The van der Waals surface area contributed by atoms with Gasteiger partial charge in [-0.15, -0.1) is 0 Å². The van der Waals surface area contributed by atoms with Crippen molar-refractivity contribution in [3.05, 3.63) is 65.2 Å². The highest BCUT2D eigenvalue weighted by Gasteiger charge is 2.39. The molecule has 1 aliphatic rings. The Kier molecular flexibility index (Phi) is 4.64. The van der Waals surface area contributed by atoms with Crippen molar-refractivity contribution in [3.8, 4) is 0 Å². The molecule has 0 amide bonds. The molecule has 0 spiro atoms. The number of hydrogen-bond donors (Lipinski definition) is 0. The molecule has 2 aromatic carbocycles. The number of nitrogens with zero attached hydrogens (tertiary/aromatic N) is 1. The number of alkyl halides is 3. The van der Waals surface area contributed by atoms with E-state index in [1.165, 1.54) is 12.1 Å². The van der Waals surface area contributed by atoms with Gasteiger partial charge < -0.3 is 0 Å². The van der Waals surface area contributed by atoms with Gasteiger partial charge in [-0.2, -0.15) is 17.5 Å². The van der Waals surface area contributed by atoms with Gasteiger partial charge in [0.25, 0.3) is 0 Å². The second-order valence-corrected chi connectivity index (χ2v) is 8.26. The van der Waals surface area contributed by atoms with Gasteiger partial charge in [0.05, 0.1) is 11.3 Å². The Bertz CT molecular complexity index is 861. The van der Waals surface area contributed by atoms with E-state index in [1.807, 2.05) is 6.92 Å². The second-order valence-electron chi connectivity index (χ2n) is 6.33. The highest BCUT2D eigenvalue weighted by atomic mass is 32.2. The molecule has 0 N–H and O–H groups in total. The zero-order valence-corrected chi connectivity index (χ0v) is 14.4. The molecule has 1 atom stereocenters. The van der Waals surface area contributed by atoms with Gasteiger partial charge in [-0.1, -0.05) is 42.0 Å². The monoisotopic (exact) mass is 369 g/mol. The lowest BCUT2D eigenvalue weighted by molar-refractivity contribution is -0.139. The third-order valence-corrected chi connectivity index (χ3v) is 6.23. The largest absolute Gasteiger partial charge is 0.389 e. The molecule has 0 saturated carbocycles. The lowest BCUT2D eigenvalue weighted by Crippen LogP contribution is -2.39. The summed E-state index contributed by atoms with van der Waals surface area (Å²) in [4.78, 5) is 0.100. The summed E-state index contributed by atoms with van der Waals surface area (Å²) in [5, 5.41) is 0. The minimum atomic E-state index is -4.35. The SMILES string of the molecule is Cc1ccc(S(=O)(=O)N2Cc3ccccc3C(CC(F)(F)F)C2)cc1. The normalized spacial score (nSPS) is 18.8. The maximum atomic E-state index is 13.0. The van der Waals surface area contributed by atoms with Crippen LogP contribution in [0.15, 0.2) is 53.4 Å². The Labute approximate surface area is 145 Å². The van der Waals surface area contributed by atoms with Crippen LogP contribution in [0.2, 0.25) is 0 Å². The molecular weight excluding hydrogens is 351 g/mol. The molecule has 7 heteroatoms. The van der Waals surface area contributed by atoms with Crippen molar-refractivity contribution in [2.45, 2.75) is 36.9 Å². The minimum absolute atomic E-state index is 0.0841. The highest BCUT2D eigenvalue weighted by molar-refractivity contribution is 7.89. The van der Waals surface area contributed by atoms with E-state index in [1.54, 1.807) is 36.4 Å². The molecule has 134 valence electrons. The third-order valence-electron chi connectivity index (χ3n) is 4.40. The predicted octanol–water partition coefficient (Wildman–Crippen LogP) is 4.24. The quantitative estimate of drug-likeness (QED) is 0.812.